The van der Waals surface area contributed by atoms with E-state index in [2.05, 4.69) is 13.8 Å². The quantitative estimate of drug-likeness (QED) is 0.489. The molecule has 0 aromatic carbocycles. The second kappa shape index (κ2) is 10.9. The first-order chi connectivity index (χ1) is 8.75. The fourth-order valence-corrected chi connectivity index (χ4v) is 3.51. The molecule has 0 spiro atoms. The second-order valence-corrected chi connectivity index (χ2v) is 6.04. The molecule has 0 atom stereocenters. The third kappa shape index (κ3) is 6.25. The first-order valence-corrected chi connectivity index (χ1v) is 8.75. The summed E-state index contributed by atoms with van der Waals surface area (Å²) < 4.78 is 0. The number of hydrogen-bond donors (Lipinski definition) is 0. The lowest BCUT2D eigenvalue weighted by atomic mass is 9.70. The van der Waals surface area contributed by atoms with Crippen molar-refractivity contribution in [2.75, 3.05) is 0 Å². The van der Waals surface area contributed by atoms with Crippen molar-refractivity contribution in [3.63, 3.8) is 0 Å². The Morgan fingerprint density at radius 3 is 0.889 bits per heavy atom. The highest BCUT2D eigenvalue weighted by Crippen LogP contribution is 2.40. The third-order valence-corrected chi connectivity index (χ3v) is 4.79. The van der Waals surface area contributed by atoms with Crippen LogP contribution in [0.1, 0.15) is 92.9 Å². The van der Waals surface area contributed by atoms with Crippen LogP contribution in [0.4, 0.5) is 0 Å². The molecular formula is C18H38. The standard InChI is InChI=1S/C14H26.2C2H6/c1-11-3-7-13(8-4-11)14-9-5-12(2)6-10-14;2*1-2/h11-14H,3-10H2,1-2H3;2*1-2H3. The van der Waals surface area contributed by atoms with Crippen molar-refractivity contribution in [2.45, 2.75) is 92.9 Å². The summed E-state index contributed by atoms with van der Waals surface area (Å²) in [6, 6.07) is 0. The van der Waals surface area contributed by atoms with Crippen molar-refractivity contribution in [2.24, 2.45) is 23.7 Å². The molecule has 2 rings (SSSR count). The Morgan fingerprint density at radius 1 is 0.444 bits per heavy atom. The summed E-state index contributed by atoms with van der Waals surface area (Å²) >= 11 is 0. The summed E-state index contributed by atoms with van der Waals surface area (Å²) in [6.45, 7) is 12.9. The highest BCUT2D eigenvalue weighted by molar-refractivity contribution is 4.80. The molecule has 110 valence electrons. The number of rotatable bonds is 1. The van der Waals surface area contributed by atoms with Gasteiger partial charge in [0.2, 0.25) is 0 Å². The molecule has 0 aliphatic heterocycles. The summed E-state index contributed by atoms with van der Waals surface area (Å²) in [6.07, 6.45) is 12.2. The Hall–Kier alpha value is 0. The Kier molecular flexibility index (Phi) is 10.9. The van der Waals surface area contributed by atoms with E-state index in [1.54, 1.807) is 25.7 Å². The topological polar surface area (TPSA) is 0 Å². The van der Waals surface area contributed by atoms with E-state index in [1.165, 1.54) is 25.7 Å². The van der Waals surface area contributed by atoms with Gasteiger partial charge in [-0.2, -0.15) is 0 Å². The van der Waals surface area contributed by atoms with Gasteiger partial charge in [0, 0.05) is 0 Å². The minimum absolute atomic E-state index is 1.02. The van der Waals surface area contributed by atoms with E-state index in [9.17, 15) is 0 Å². The minimum atomic E-state index is 1.02. The average molecular weight is 255 g/mol. The van der Waals surface area contributed by atoms with Crippen molar-refractivity contribution < 1.29 is 0 Å². The van der Waals surface area contributed by atoms with Crippen molar-refractivity contribution >= 4 is 0 Å². The zero-order valence-corrected chi connectivity index (χ0v) is 14.0. The molecule has 0 aromatic rings. The first-order valence-electron chi connectivity index (χ1n) is 8.75. The van der Waals surface area contributed by atoms with Gasteiger partial charge in [0.05, 0.1) is 0 Å². The van der Waals surface area contributed by atoms with Crippen LogP contribution in [0.2, 0.25) is 0 Å². The summed E-state index contributed by atoms with van der Waals surface area (Å²) in [5.74, 6) is 4.26. The van der Waals surface area contributed by atoms with Crippen LogP contribution in [0.15, 0.2) is 0 Å². The van der Waals surface area contributed by atoms with Gasteiger partial charge in [-0.25, -0.2) is 0 Å². The van der Waals surface area contributed by atoms with E-state index in [4.69, 9.17) is 0 Å². The Morgan fingerprint density at radius 2 is 0.667 bits per heavy atom. The van der Waals surface area contributed by atoms with E-state index >= 15 is 0 Å². The molecule has 18 heavy (non-hydrogen) atoms. The molecular weight excluding hydrogens is 216 g/mol. The SMILES string of the molecule is CC.CC.CC1CCC(C2CCC(C)CC2)CC1. The van der Waals surface area contributed by atoms with Crippen molar-refractivity contribution in [1.82, 2.24) is 0 Å². The lowest BCUT2D eigenvalue weighted by Gasteiger charge is -2.36. The van der Waals surface area contributed by atoms with Crippen molar-refractivity contribution in [3.05, 3.63) is 0 Å². The van der Waals surface area contributed by atoms with Gasteiger partial charge in [-0.3, -0.25) is 0 Å². The highest BCUT2D eigenvalue weighted by atomic mass is 14.3. The highest BCUT2D eigenvalue weighted by Gasteiger charge is 2.28. The molecule has 0 radical (unpaired) electrons. The lowest BCUT2D eigenvalue weighted by Crippen LogP contribution is -2.24. The van der Waals surface area contributed by atoms with E-state index in [1.807, 2.05) is 27.7 Å². The molecule has 0 heteroatoms. The van der Waals surface area contributed by atoms with E-state index < -0.39 is 0 Å². The zero-order chi connectivity index (χ0) is 14.0. The molecule has 2 fully saturated rings. The second-order valence-electron chi connectivity index (χ2n) is 6.04. The summed E-state index contributed by atoms with van der Waals surface area (Å²) in [4.78, 5) is 0. The van der Waals surface area contributed by atoms with E-state index in [-0.39, 0.29) is 0 Å². The van der Waals surface area contributed by atoms with Crippen molar-refractivity contribution in [1.29, 1.82) is 0 Å². The fraction of sp³-hybridized carbons (Fsp3) is 1.00. The Labute approximate surface area is 117 Å². The van der Waals surface area contributed by atoms with Gasteiger partial charge in [-0.15, -0.1) is 0 Å². The average Bonchev–Trinajstić information content (AvgIpc) is 2.45. The van der Waals surface area contributed by atoms with Gasteiger partial charge in [-0.1, -0.05) is 67.2 Å². The first kappa shape index (κ1) is 18.0. The zero-order valence-electron chi connectivity index (χ0n) is 14.0. The van der Waals surface area contributed by atoms with Crippen LogP contribution >= 0.6 is 0 Å². The predicted octanol–water partition coefficient (Wildman–Crippen LogP) is 6.69. The van der Waals surface area contributed by atoms with Gasteiger partial charge in [0.1, 0.15) is 0 Å². The predicted molar refractivity (Wildman–Crippen MR) is 84.9 cm³/mol. The summed E-state index contributed by atoms with van der Waals surface area (Å²) in [7, 11) is 0. The lowest BCUT2D eigenvalue weighted by molar-refractivity contribution is 0.155. The normalized spacial score (nSPS) is 35.7. The molecule has 0 nitrogen and oxygen atoms in total. The molecule has 0 amide bonds. The maximum Gasteiger partial charge on any atom is -0.0386 e. The molecule has 2 aliphatic carbocycles. The maximum atomic E-state index is 2.43. The number of hydrogen-bond acceptors (Lipinski definition) is 0. The third-order valence-electron chi connectivity index (χ3n) is 4.79. The van der Waals surface area contributed by atoms with Crippen LogP contribution < -0.4 is 0 Å². The molecule has 0 unspecified atom stereocenters. The minimum Gasteiger partial charge on any atom is -0.0683 e. The molecule has 0 N–H and O–H groups in total. The van der Waals surface area contributed by atoms with Crippen LogP contribution in [-0.2, 0) is 0 Å². The van der Waals surface area contributed by atoms with Gasteiger partial charge >= 0.3 is 0 Å². The van der Waals surface area contributed by atoms with E-state index in [0.717, 1.165) is 23.7 Å². The van der Waals surface area contributed by atoms with Crippen LogP contribution in [0.5, 0.6) is 0 Å². The Bertz CT molecular complexity index is 137. The largest absolute Gasteiger partial charge is 0.0683 e. The smallest absolute Gasteiger partial charge is 0.0386 e. The van der Waals surface area contributed by atoms with Gasteiger partial charge in [-0.05, 0) is 49.4 Å². The van der Waals surface area contributed by atoms with Crippen LogP contribution in [-0.4, -0.2) is 0 Å². The molecule has 2 saturated carbocycles. The van der Waals surface area contributed by atoms with Crippen LogP contribution in [0, 0.1) is 23.7 Å². The molecule has 0 bridgehead atoms. The van der Waals surface area contributed by atoms with Gasteiger partial charge in [0.15, 0.2) is 0 Å². The van der Waals surface area contributed by atoms with E-state index in [0.29, 0.717) is 0 Å². The fourth-order valence-electron chi connectivity index (χ4n) is 3.51. The summed E-state index contributed by atoms with van der Waals surface area (Å²) in [5, 5.41) is 0. The Balaban J connectivity index is 0.000000659. The molecule has 2 aliphatic rings. The van der Waals surface area contributed by atoms with Gasteiger partial charge < -0.3 is 0 Å². The van der Waals surface area contributed by atoms with Crippen LogP contribution in [0.25, 0.3) is 0 Å². The molecule has 0 saturated heterocycles. The maximum absolute atomic E-state index is 2.43. The summed E-state index contributed by atoms with van der Waals surface area (Å²) in [5.41, 5.74) is 0. The van der Waals surface area contributed by atoms with Crippen LogP contribution in [0.3, 0.4) is 0 Å². The van der Waals surface area contributed by atoms with Crippen molar-refractivity contribution in [3.8, 4) is 0 Å². The molecule has 0 aromatic heterocycles. The molecule has 0 heterocycles. The monoisotopic (exact) mass is 254 g/mol. The van der Waals surface area contributed by atoms with Gasteiger partial charge in [0.25, 0.3) is 0 Å².